The molecule has 3 rings (SSSR count). The molecular formula is C20H18Cl2N8O4. The number of H-pyrrole nitrogens is 1. The zero-order valence-corrected chi connectivity index (χ0v) is 19.7. The van der Waals surface area contributed by atoms with Gasteiger partial charge >= 0.3 is 6.09 Å². The normalized spacial score (nSPS) is 11.3. The van der Waals surface area contributed by atoms with Gasteiger partial charge in [-0.2, -0.15) is 15.5 Å². The molecule has 2 aromatic heterocycles. The van der Waals surface area contributed by atoms with Crippen molar-refractivity contribution in [2.75, 3.05) is 12.0 Å². The molecule has 0 unspecified atom stereocenters. The molecule has 3 aromatic rings. The Balaban J connectivity index is 1.78. The van der Waals surface area contributed by atoms with Gasteiger partial charge in [0, 0.05) is 17.1 Å². The second-order valence-corrected chi connectivity index (χ2v) is 7.76. The fraction of sp³-hybridized carbons (Fsp3) is 0.250. The van der Waals surface area contributed by atoms with Gasteiger partial charge in [-0.15, -0.1) is 10.2 Å². The number of aromatic nitrogens is 4. The van der Waals surface area contributed by atoms with Crippen LogP contribution in [0.15, 0.2) is 23.3 Å². The number of nitriles is 1. The monoisotopic (exact) mass is 504 g/mol. The molecule has 1 aromatic carbocycles. The summed E-state index contributed by atoms with van der Waals surface area (Å²) < 4.78 is 10.3. The number of nitrogens with one attached hydrogen (secondary N) is 3. The lowest BCUT2D eigenvalue weighted by molar-refractivity contribution is -0.114. The maximum Gasteiger partial charge on any atom is 0.414 e. The smallest absolute Gasteiger partial charge is 0.414 e. The Bertz CT molecular complexity index is 1290. The average Bonchev–Trinajstić information content (AvgIpc) is 3.20. The van der Waals surface area contributed by atoms with E-state index in [-0.39, 0.29) is 39.9 Å². The third-order valence-electron chi connectivity index (χ3n) is 4.22. The number of carbonyl (C=O) groups excluding carboxylic acids is 2. The molecule has 14 heteroatoms. The highest BCUT2D eigenvalue weighted by Crippen LogP contribution is 2.39. The molecule has 0 spiro atoms. The Morgan fingerprint density at radius 1 is 1.24 bits per heavy atom. The van der Waals surface area contributed by atoms with E-state index in [1.165, 1.54) is 12.1 Å². The quantitative estimate of drug-likeness (QED) is 0.316. The van der Waals surface area contributed by atoms with Crippen LogP contribution in [0.5, 0.6) is 11.6 Å². The molecule has 0 bridgehead atoms. The minimum absolute atomic E-state index is 0.0578. The van der Waals surface area contributed by atoms with Crippen molar-refractivity contribution in [2.24, 2.45) is 5.10 Å². The van der Waals surface area contributed by atoms with E-state index in [1.807, 2.05) is 19.2 Å². The molecule has 176 valence electrons. The van der Waals surface area contributed by atoms with Gasteiger partial charge in [0.1, 0.15) is 6.07 Å². The van der Waals surface area contributed by atoms with Crippen molar-refractivity contribution >= 4 is 57.6 Å². The van der Waals surface area contributed by atoms with Crippen molar-refractivity contribution in [2.45, 2.75) is 26.7 Å². The summed E-state index contributed by atoms with van der Waals surface area (Å²) in [5.74, 6) is -0.597. The predicted octanol–water partition coefficient (Wildman–Crippen LogP) is 4.14. The van der Waals surface area contributed by atoms with Gasteiger partial charge in [0.25, 0.3) is 5.91 Å². The Hall–Kier alpha value is -3.95. The van der Waals surface area contributed by atoms with E-state index < -0.39 is 17.7 Å². The molecule has 3 N–H and O–H groups in total. The van der Waals surface area contributed by atoms with Gasteiger partial charge in [-0.05, 0) is 25.0 Å². The van der Waals surface area contributed by atoms with Crippen molar-refractivity contribution in [3.05, 3.63) is 33.9 Å². The summed E-state index contributed by atoms with van der Waals surface area (Å²) in [6.07, 6.45) is -1.000. The first-order chi connectivity index (χ1) is 16.2. The van der Waals surface area contributed by atoms with Gasteiger partial charge < -0.3 is 9.47 Å². The number of aromatic amines is 1. The zero-order chi connectivity index (χ0) is 24.8. The van der Waals surface area contributed by atoms with Crippen molar-refractivity contribution < 1.29 is 19.1 Å². The van der Waals surface area contributed by atoms with Crippen molar-refractivity contribution in [3.63, 3.8) is 0 Å². The molecule has 0 radical (unpaired) electrons. The lowest BCUT2D eigenvalue weighted by Crippen LogP contribution is -2.36. The van der Waals surface area contributed by atoms with E-state index in [2.05, 4.69) is 35.7 Å². The van der Waals surface area contributed by atoms with Crippen LogP contribution in [0.1, 0.15) is 32.4 Å². The van der Waals surface area contributed by atoms with Crippen LogP contribution in [0, 0.1) is 11.3 Å². The van der Waals surface area contributed by atoms with Crippen LogP contribution >= 0.6 is 23.2 Å². The Kier molecular flexibility index (Phi) is 7.83. The van der Waals surface area contributed by atoms with Gasteiger partial charge in [0.05, 0.1) is 22.3 Å². The molecule has 0 atom stereocenters. The highest BCUT2D eigenvalue weighted by Gasteiger charge is 2.17. The molecule has 0 saturated heterocycles. The molecular weight excluding hydrogens is 487 g/mol. The summed E-state index contributed by atoms with van der Waals surface area (Å²) in [6, 6.07) is 6.07. The minimum atomic E-state index is -1.04. The van der Waals surface area contributed by atoms with Gasteiger partial charge in [0.2, 0.25) is 17.2 Å². The average molecular weight is 505 g/mol. The number of hydrogen-bond donors (Lipinski definition) is 3. The highest BCUT2D eigenvalue weighted by atomic mass is 35.5. The molecule has 34 heavy (non-hydrogen) atoms. The first-order valence-corrected chi connectivity index (χ1v) is 10.6. The fourth-order valence-electron chi connectivity index (χ4n) is 2.70. The Morgan fingerprint density at radius 3 is 2.56 bits per heavy atom. The molecule has 12 nitrogen and oxygen atoms in total. The number of anilines is 1. The number of alkyl carbamates (subject to hydrolysis) is 1. The van der Waals surface area contributed by atoms with E-state index in [1.54, 1.807) is 19.1 Å². The number of imide groups is 1. The number of halogens is 2. The number of nitrogens with zero attached hydrogens (tertiary/aromatic N) is 5. The fourth-order valence-corrected chi connectivity index (χ4v) is 3.27. The van der Waals surface area contributed by atoms with Gasteiger partial charge in [-0.3, -0.25) is 20.6 Å². The van der Waals surface area contributed by atoms with Gasteiger partial charge in [-0.1, -0.05) is 37.0 Å². The summed E-state index contributed by atoms with van der Waals surface area (Å²) in [5, 5.41) is 30.6. The lowest BCUT2D eigenvalue weighted by Gasteiger charge is -2.11. The largest absolute Gasteiger partial charge is 0.450 e. The van der Waals surface area contributed by atoms with E-state index in [0.717, 1.165) is 11.1 Å². The SMILES string of the molecule is CCOC(=O)NC(=O)C(C#N)=NNc1cc(Cl)c(Oc2cc3c(C(C)C)[nH]nc3nn2)c(Cl)c1. The summed E-state index contributed by atoms with van der Waals surface area (Å²) in [5.41, 5.74) is 3.44. The van der Waals surface area contributed by atoms with Crippen LogP contribution < -0.4 is 15.5 Å². The topological polar surface area (TPSA) is 167 Å². The van der Waals surface area contributed by atoms with Crippen LogP contribution in [0.4, 0.5) is 10.5 Å². The molecule has 0 aliphatic rings. The molecule has 2 heterocycles. The summed E-state index contributed by atoms with van der Waals surface area (Å²) in [6.45, 7) is 5.64. The van der Waals surface area contributed by atoms with Crippen molar-refractivity contribution in [3.8, 4) is 17.7 Å². The van der Waals surface area contributed by atoms with E-state index >= 15 is 0 Å². The van der Waals surface area contributed by atoms with E-state index in [9.17, 15) is 9.59 Å². The summed E-state index contributed by atoms with van der Waals surface area (Å²) >= 11 is 12.6. The standard InChI is InChI=1S/C20H18Cl2N8O4/c1-4-33-20(32)24-19(31)14(8-23)26-25-10-5-12(21)17(13(22)6-10)34-15-7-11-16(9(2)3)28-30-18(11)29-27-15/h5-7,9,25H,4H2,1-3H3,(H,24,31,32)(H,28,29,30). The van der Waals surface area contributed by atoms with Crippen LogP contribution in [0.2, 0.25) is 10.0 Å². The Morgan fingerprint density at radius 2 is 1.94 bits per heavy atom. The molecule has 0 saturated carbocycles. The molecule has 0 aliphatic carbocycles. The summed E-state index contributed by atoms with van der Waals surface area (Å²) in [4.78, 5) is 23.2. The number of hydrogen-bond acceptors (Lipinski definition) is 10. The third-order valence-corrected chi connectivity index (χ3v) is 4.78. The van der Waals surface area contributed by atoms with Crippen LogP contribution in [-0.2, 0) is 9.53 Å². The number of fused-ring (bicyclic) bond motifs is 1. The second-order valence-electron chi connectivity index (χ2n) is 6.94. The zero-order valence-electron chi connectivity index (χ0n) is 18.1. The van der Waals surface area contributed by atoms with Crippen LogP contribution in [-0.4, -0.2) is 44.7 Å². The van der Waals surface area contributed by atoms with Crippen LogP contribution in [0.25, 0.3) is 11.0 Å². The maximum atomic E-state index is 11.9. The number of rotatable bonds is 7. The molecule has 2 amide bonds. The first-order valence-electron chi connectivity index (χ1n) is 9.84. The minimum Gasteiger partial charge on any atom is -0.450 e. The lowest BCUT2D eigenvalue weighted by atomic mass is 10.1. The predicted molar refractivity (Wildman–Crippen MR) is 124 cm³/mol. The molecule has 0 fully saturated rings. The third kappa shape index (κ3) is 5.69. The highest BCUT2D eigenvalue weighted by molar-refractivity contribution is 6.47. The van der Waals surface area contributed by atoms with Crippen LogP contribution in [0.3, 0.4) is 0 Å². The van der Waals surface area contributed by atoms with E-state index in [4.69, 9.17) is 33.2 Å². The number of ether oxygens (including phenoxy) is 2. The molecule has 0 aliphatic heterocycles. The first kappa shape index (κ1) is 24.7. The number of hydrazone groups is 1. The Labute approximate surface area is 203 Å². The van der Waals surface area contributed by atoms with Gasteiger partial charge in [0.15, 0.2) is 5.75 Å². The number of benzene rings is 1. The number of amides is 2. The second kappa shape index (κ2) is 10.8. The maximum absolute atomic E-state index is 11.9. The van der Waals surface area contributed by atoms with Crippen molar-refractivity contribution in [1.29, 1.82) is 5.26 Å². The van der Waals surface area contributed by atoms with Gasteiger partial charge in [-0.25, -0.2) is 4.79 Å². The van der Waals surface area contributed by atoms with E-state index in [0.29, 0.717) is 5.65 Å². The number of carbonyl (C=O) groups is 2. The van der Waals surface area contributed by atoms with Crippen molar-refractivity contribution in [1.82, 2.24) is 25.7 Å². The summed E-state index contributed by atoms with van der Waals surface area (Å²) in [7, 11) is 0.